The van der Waals surface area contributed by atoms with Gasteiger partial charge in [0.05, 0.1) is 23.6 Å². The van der Waals surface area contributed by atoms with Gasteiger partial charge in [0.25, 0.3) is 5.91 Å². The van der Waals surface area contributed by atoms with Gasteiger partial charge in [-0.1, -0.05) is 0 Å². The normalized spacial score (nSPS) is 27.3. The first-order valence-electron chi connectivity index (χ1n) is 9.43. The SMILES string of the molecule is Cc1cocc1C(=O)NC1CCN(C)C12CCCN(CCNS(C)(=O)=O)C2. The number of amides is 1. The number of piperidine rings is 1. The predicted molar refractivity (Wildman–Crippen MR) is 103 cm³/mol. The third-order valence-corrected chi connectivity index (χ3v) is 6.67. The maximum atomic E-state index is 12.7. The van der Waals surface area contributed by atoms with Crippen molar-refractivity contribution in [3.05, 3.63) is 23.7 Å². The molecule has 2 saturated heterocycles. The number of likely N-dealkylation sites (N-methyl/N-ethyl adjacent to an activating group) is 1. The molecule has 27 heavy (non-hydrogen) atoms. The lowest BCUT2D eigenvalue weighted by molar-refractivity contribution is 0.0397. The second kappa shape index (κ2) is 7.90. The highest BCUT2D eigenvalue weighted by Crippen LogP contribution is 2.36. The van der Waals surface area contributed by atoms with Crippen molar-refractivity contribution in [1.82, 2.24) is 19.8 Å². The van der Waals surface area contributed by atoms with E-state index in [2.05, 4.69) is 26.9 Å². The first-order chi connectivity index (χ1) is 12.7. The van der Waals surface area contributed by atoms with E-state index in [1.165, 1.54) is 12.5 Å². The number of sulfonamides is 1. The van der Waals surface area contributed by atoms with Gasteiger partial charge in [-0.2, -0.15) is 0 Å². The molecule has 0 aromatic carbocycles. The Morgan fingerprint density at radius 1 is 1.37 bits per heavy atom. The van der Waals surface area contributed by atoms with Gasteiger partial charge in [-0.25, -0.2) is 13.1 Å². The molecular formula is C18H30N4O4S. The fourth-order valence-electron chi connectivity index (χ4n) is 4.45. The Balaban J connectivity index is 1.67. The fourth-order valence-corrected chi connectivity index (χ4v) is 4.91. The van der Waals surface area contributed by atoms with Crippen LogP contribution in [0, 0.1) is 6.92 Å². The lowest BCUT2D eigenvalue weighted by Crippen LogP contribution is -2.63. The van der Waals surface area contributed by atoms with Gasteiger partial charge in [0, 0.05) is 32.2 Å². The molecule has 8 nitrogen and oxygen atoms in total. The van der Waals surface area contributed by atoms with Crippen molar-refractivity contribution < 1.29 is 17.6 Å². The average molecular weight is 399 g/mol. The number of likely N-dealkylation sites (tertiary alicyclic amines) is 2. The molecule has 2 N–H and O–H groups in total. The van der Waals surface area contributed by atoms with Crippen molar-refractivity contribution in [2.45, 2.75) is 37.8 Å². The second-order valence-corrected chi connectivity index (χ2v) is 9.69. The minimum Gasteiger partial charge on any atom is -0.471 e. The number of nitrogens with one attached hydrogen (secondary N) is 2. The van der Waals surface area contributed by atoms with Gasteiger partial charge in [0.15, 0.2) is 0 Å². The predicted octanol–water partition coefficient (Wildman–Crippen LogP) is 0.406. The van der Waals surface area contributed by atoms with Gasteiger partial charge < -0.3 is 14.6 Å². The summed E-state index contributed by atoms with van der Waals surface area (Å²) >= 11 is 0. The van der Waals surface area contributed by atoms with Crippen molar-refractivity contribution in [2.24, 2.45) is 0 Å². The Hall–Kier alpha value is -1.42. The van der Waals surface area contributed by atoms with Gasteiger partial charge in [0.1, 0.15) is 6.26 Å². The molecule has 0 radical (unpaired) electrons. The minimum absolute atomic E-state index is 0.0648. The number of carbonyl (C=O) groups is 1. The van der Waals surface area contributed by atoms with Crippen LogP contribution in [0.1, 0.15) is 35.2 Å². The molecule has 0 aliphatic carbocycles. The number of hydrogen-bond acceptors (Lipinski definition) is 6. The van der Waals surface area contributed by atoms with E-state index in [0.717, 1.165) is 44.5 Å². The molecule has 2 aliphatic heterocycles. The molecule has 0 saturated carbocycles. The molecule has 2 unspecified atom stereocenters. The zero-order valence-corrected chi connectivity index (χ0v) is 17.1. The standard InChI is InChI=1S/C18H30N4O4S/c1-14-11-26-12-15(14)17(23)20-16-5-9-21(2)18(16)6-4-8-22(13-18)10-7-19-27(3,24)25/h11-12,16,19H,4-10,13H2,1-3H3,(H,20,23). The quantitative estimate of drug-likeness (QED) is 0.721. The number of furan rings is 1. The van der Waals surface area contributed by atoms with E-state index in [4.69, 9.17) is 4.42 Å². The molecule has 1 amide bonds. The van der Waals surface area contributed by atoms with Crippen molar-refractivity contribution in [1.29, 1.82) is 0 Å². The largest absolute Gasteiger partial charge is 0.471 e. The van der Waals surface area contributed by atoms with Gasteiger partial charge >= 0.3 is 0 Å². The van der Waals surface area contributed by atoms with Crippen LogP contribution >= 0.6 is 0 Å². The summed E-state index contributed by atoms with van der Waals surface area (Å²) in [5, 5.41) is 3.24. The molecule has 2 aliphatic rings. The Kier molecular flexibility index (Phi) is 5.95. The van der Waals surface area contributed by atoms with Gasteiger partial charge in [-0.15, -0.1) is 0 Å². The number of nitrogens with zero attached hydrogens (tertiary/aromatic N) is 2. The van der Waals surface area contributed by atoms with Gasteiger partial charge in [-0.3, -0.25) is 9.69 Å². The van der Waals surface area contributed by atoms with Crippen LogP contribution in [-0.2, 0) is 10.0 Å². The molecule has 152 valence electrons. The van der Waals surface area contributed by atoms with Crippen LogP contribution < -0.4 is 10.0 Å². The molecule has 0 bridgehead atoms. The summed E-state index contributed by atoms with van der Waals surface area (Å²) in [6.45, 7) is 5.65. The summed E-state index contributed by atoms with van der Waals surface area (Å²) in [4.78, 5) is 17.4. The minimum atomic E-state index is -3.17. The molecule has 9 heteroatoms. The number of rotatable bonds is 6. The number of hydrogen-bond donors (Lipinski definition) is 2. The van der Waals surface area contributed by atoms with E-state index in [-0.39, 0.29) is 17.5 Å². The molecule has 3 heterocycles. The van der Waals surface area contributed by atoms with E-state index in [9.17, 15) is 13.2 Å². The molecule has 2 atom stereocenters. The van der Waals surface area contributed by atoms with Crippen LogP contribution in [0.4, 0.5) is 0 Å². The molecule has 1 spiro atoms. The molecule has 2 fully saturated rings. The monoisotopic (exact) mass is 398 g/mol. The Morgan fingerprint density at radius 3 is 2.81 bits per heavy atom. The highest BCUT2D eigenvalue weighted by molar-refractivity contribution is 7.88. The highest BCUT2D eigenvalue weighted by atomic mass is 32.2. The van der Waals surface area contributed by atoms with E-state index < -0.39 is 10.0 Å². The summed E-state index contributed by atoms with van der Waals surface area (Å²) in [5.41, 5.74) is 1.31. The summed E-state index contributed by atoms with van der Waals surface area (Å²) in [7, 11) is -1.05. The lowest BCUT2D eigenvalue weighted by Gasteiger charge is -2.48. The summed E-state index contributed by atoms with van der Waals surface area (Å²) in [6.07, 6.45) is 7.23. The second-order valence-electron chi connectivity index (χ2n) is 7.85. The summed E-state index contributed by atoms with van der Waals surface area (Å²) < 4.78 is 30.3. The Labute approximate surface area is 161 Å². The maximum Gasteiger partial charge on any atom is 0.255 e. The van der Waals surface area contributed by atoms with E-state index >= 15 is 0 Å². The summed E-state index contributed by atoms with van der Waals surface area (Å²) in [6, 6.07) is 0.0648. The zero-order chi connectivity index (χ0) is 19.7. The number of carbonyl (C=O) groups excluding carboxylic acids is 1. The molecule has 1 aromatic rings. The van der Waals surface area contributed by atoms with Crippen LogP contribution in [0.3, 0.4) is 0 Å². The van der Waals surface area contributed by atoms with Crippen molar-refractivity contribution >= 4 is 15.9 Å². The first-order valence-corrected chi connectivity index (χ1v) is 11.3. The fraction of sp³-hybridized carbons (Fsp3) is 0.722. The van der Waals surface area contributed by atoms with Crippen LogP contribution in [-0.4, -0.2) is 81.7 Å². The van der Waals surface area contributed by atoms with Crippen LogP contribution in [0.25, 0.3) is 0 Å². The highest BCUT2D eigenvalue weighted by Gasteiger charge is 2.49. The van der Waals surface area contributed by atoms with E-state index in [1.54, 1.807) is 6.26 Å². The molecule has 3 rings (SSSR count). The average Bonchev–Trinajstić information content (AvgIpc) is 3.13. The molecular weight excluding hydrogens is 368 g/mol. The van der Waals surface area contributed by atoms with Gasteiger partial charge in [0.2, 0.25) is 10.0 Å². The third-order valence-electron chi connectivity index (χ3n) is 5.94. The Morgan fingerprint density at radius 2 is 2.15 bits per heavy atom. The Bertz CT molecular complexity index is 778. The van der Waals surface area contributed by atoms with Gasteiger partial charge in [-0.05, 0) is 45.3 Å². The van der Waals surface area contributed by atoms with Crippen LogP contribution in [0.5, 0.6) is 0 Å². The van der Waals surface area contributed by atoms with E-state index in [1.807, 2.05) is 6.92 Å². The maximum absolute atomic E-state index is 12.7. The van der Waals surface area contributed by atoms with E-state index in [0.29, 0.717) is 18.7 Å². The van der Waals surface area contributed by atoms with Crippen molar-refractivity contribution in [3.63, 3.8) is 0 Å². The molecule has 1 aromatic heterocycles. The topological polar surface area (TPSA) is 94.9 Å². The van der Waals surface area contributed by atoms with Crippen LogP contribution in [0.15, 0.2) is 16.9 Å². The summed E-state index contributed by atoms with van der Waals surface area (Å²) in [5.74, 6) is -0.0863. The first kappa shape index (κ1) is 20.3. The smallest absolute Gasteiger partial charge is 0.255 e. The van der Waals surface area contributed by atoms with Crippen molar-refractivity contribution in [2.75, 3.05) is 46.0 Å². The van der Waals surface area contributed by atoms with Crippen LogP contribution in [0.2, 0.25) is 0 Å². The number of aryl methyl sites for hydroxylation is 1. The zero-order valence-electron chi connectivity index (χ0n) is 16.3. The lowest BCUT2D eigenvalue weighted by atomic mass is 9.82. The van der Waals surface area contributed by atoms with Crippen molar-refractivity contribution in [3.8, 4) is 0 Å². The third kappa shape index (κ3) is 4.53.